The lowest BCUT2D eigenvalue weighted by atomic mass is 9.94. The van der Waals surface area contributed by atoms with Crippen molar-refractivity contribution in [1.82, 2.24) is 4.90 Å². The fourth-order valence-electron chi connectivity index (χ4n) is 1.91. The van der Waals surface area contributed by atoms with E-state index in [1.807, 2.05) is 20.8 Å². The molecule has 0 aliphatic carbocycles. The summed E-state index contributed by atoms with van der Waals surface area (Å²) in [5.74, 6) is -0.645. The standard InChI is InChI=1S/C11H23N3O2/c1-8-5-6-14(11(12,13)7-8)9(15)16-10(2,3)4/h8H,5-7,12-13H2,1-4H3. The number of nitrogens with two attached hydrogens (primary N) is 2. The minimum Gasteiger partial charge on any atom is -0.444 e. The summed E-state index contributed by atoms with van der Waals surface area (Å²) in [6, 6.07) is 0. The molecule has 0 radical (unpaired) electrons. The molecule has 1 heterocycles. The summed E-state index contributed by atoms with van der Waals surface area (Å²) >= 11 is 0. The monoisotopic (exact) mass is 229 g/mol. The zero-order chi connectivity index (χ0) is 12.6. The number of carbonyl (C=O) groups excluding carboxylic acids is 1. The third-order valence-electron chi connectivity index (χ3n) is 2.64. The molecule has 1 saturated heterocycles. The summed E-state index contributed by atoms with van der Waals surface area (Å²) in [7, 11) is 0. The van der Waals surface area contributed by atoms with Gasteiger partial charge in [0.1, 0.15) is 11.4 Å². The highest BCUT2D eigenvalue weighted by Crippen LogP contribution is 2.25. The van der Waals surface area contributed by atoms with E-state index in [-0.39, 0.29) is 0 Å². The molecular weight excluding hydrogens is 206 g/mol. The van der Waals surface area contributed by atoms with Crippen molar-refractivity contribution >= 4 is 6.09 Å². The van der Waals surface area contributed by atoms with Crippen LogP contribution >= 0.6 is 0 Å². The average Bonchev–Trinajstić information content (AvgIpc) is 1.97. The van der Waals surface area contributed by atoms with E-state index in [9.17, 15) is 4.79 Å². The van der Waals surface area contributed by atoms with E-state index < -0.39 is 17.5 Å². The van der Waals surface area contributed by atoms with E-state index in [0.29, 0.717) is 18.9 Å². The number of hydrogen-bond donors (Lipinski definition) is 2. The largest absolute Gasteiger partial charge is 0.444 e. The summed E-state index contributed by atoms with van der Waals surface area (Å²) in [4.78, 5) is 13.3. The van der Waals surface area contributed by atoms with Crippen LogP contribution in [0.4, 0.5) is 4.79 Å². The second-order valence-electron chi connectivity index (χ2n) is 5.72. The lowest BCUT2D eigenvalue weighted by Gasteiger charge is -2.43. The summed E-state index contributed by atoms with van der Waals surface area (Å²) in [5, 5.41) is 0. The van der Waals surface area contributed by atoms with Crippen LogP contribution in [0.15, 0.2) is 0 Å². The molecule has 5 heteroatoms. The number of likely N-dealkylation sites (tertiary alicyclic amines) is 1. The fraction of sp³-hybridized carbons (Fsp3) is 0.909. The molecule has 0 saturated carbocycles. The van der Waals surface area contributed by atoms with Gasteiger partial charge in [0.05, 0.1) is 0 Å². The molecule has 1 atom stereocenters. The fourth-order valence-corrected chi connectivity index (χ4v) is 1.91. The van der Waals surface area contributed by atoms with Gasteiger partial charge in [-0.1, -0.05) is 6.92 Å². The molecule has 0 aromatic rings. The van der Waals surface area contributed by atoms with Crippen molar-refractivity contribution in [3.8, 4) is 0 Å². The van der Waals surface area contributed by atoms with Gasteiger partial charge in [0, 0.05) is 13.0 Å². The van der Waals surface area contributed by atoms with Gasteiger partial charge in [-0.2, -0.15) is 0 Å². The van der Waals surface area contributed by atoms with E-state index in [0.717, 1.165) is 6.42 Å². The first-order valence-corrected chi connectivity index (χ1v) is 5.70. The minimum atomic E-state index is -1.08. The Labute approximate surface area is 97.1 Å². The summed E-state index contributed by atoms with van der Waals surface area (Å²) < 4.78 is 5.28. The molecule has 16 heavy (non-hydrogen) atoms. The van der Waals surface area contributed by atoms with Crippen LogP contribution in [-0.4, -0.2) is 28.9 Å². The molecule has 1 aliphatic heterocycles. The van der Waals surface area contributed by atoms with Crippen LogP contribution in [0.2, 0.25) is 0 Å². The molecule has 1 aliphatic rings. The van der Waals surface area contributed by atoms with Crippen LogP contribution in [0.5, 0.6) is 0 Å². The molecular formula is C11H23N3O2. The van der Waals surface area contributed by atoms with Gasteiger partial charge < -0.3 is 4.74 Å². The third kappa shape index (κ3) is 3.35. The number of ether oxygens (including phenoxy) is 1. The number of rotatable bonds is 0. The first-order valence-electron chi connectivity index (χ1n) is 5.70. The Hall–Kier alpha value is -0.810. The number of hydrogen-bond acceptors (Lipinski definition) is 4. The molecule has 1 rings (SSSR count). The molecule has 5 nitrogen and oxygen atoms in total. The van der Waals surface area contributed by atoms with Gasteiger partial charge in [-0.25, -0.2) is 4.79 Å². The zero-order valence-electron chi connectivity index (χ0n) is 10.6. The van der Waals surface area contributed by atoms with Gasteiger partial charge in [-0.3, -0.25) is 16.4 Å². The molecule has 0 bridgehead atoms. The van der Waals surface area contributed by atoms with Gasteiger partial charge in [0.25, 0.3) is 0 Å². The summed E-state index contributed by atoms with van der Waals surface area (Å²) in [5.41, 5.74) is 11.4. The molecule has 1 fully saturated rings. The molecule has 0 spiro atoms. The van der Waals surface area contributed by atoms with Crippen molar-refractivity contribution in [3.63, 3.8) is 0 Å². The predicted molar refractivity (Wildman–Crippen MR) is 62.4 cm³/mol. The lowest BCUT2D eigenvalue weighted by Crippen LogP contribution is -2.68. The quantitative estimate of drug-likeness (QED) is 0.612. The second-order valence-corrected chi connectivity index (χ2v) is 5.72. The average molecular weight is 229 g/mol. The van der Waals surface area contributed by atoms with E-state index in [1.165, 1.54) is 4.90 Å². The number of piperidine rings is 1. The van der Waals surface area contributed by atoms with Crippen LogP contribution < -0.4 is 11.5 Å². The molecule has 4 N–H and O–H groups in total. The zero-order valence-corrected chi connectivity index (χ0v) is 10.6. The van der Waals surface area contributed by atoms with Crippen molar-refractivity contribution in [1.29, 1.82) is 0 Å². The first-order chi connectivity index (χ1) is 7.12. The van der Waals surface area contributed by atoms with Crippen molar-refractivity contribution in [2.45, 2.75) is 51.9 Å². The maximum Gasteiger partial charge on any atom is 0.412 e. The Kier molecular flexibility index (Phi) is 3.50. The van der Waals surface area contributed by atoms with Crippen molar-refractivity contribution in [3.05, 3.63) is 0 Å². The highest BCUT2D eigenvalue weighted by atomic mass is 16.6. The van der Waals surface area contributed by atoms with Gasteiger partial charge in [-0.15, -0.1) is 0 Å². The third-order valence-corrected chi connectivity index (χ3v) is 2.64. The minimum absolute atomic E-state index is 0.426. The van der Waals surface area contributed by atoms with Crippen LogP contribution in [0.3, 0.4) is 0 Å². The van der Waals surface area contributed by atoms with Crippen LogP contribution in [0.1, 0.15) is 40.5 Å². The lowest BCUT2D eigenvalue weighted by molar-refractivity contribution is -0.0203. The number of nitrogens with zero attached hydrogens (tertiary/aromatic N) is 1. The van der Waals surface area contributed by atoms with Crippen molar-refractivity contribution < 1.29 is 9.53 Å². The van der Waals surface area contributed by atoms with Crippen LogP contribution in [0.25, 0.3) is 0 Å². The Bertz CT molecular complexity index is 271. The van der Waals surface area contributed by atoms with E-state index in [4.69, 9.17) is 16.2 Å². The Morgan fingerprint density at radius 1 is 1.44 bits per heavy atom. The number of carbonyl (C=O) groups is 1. The topological polar surface area (TPSA) is 81.6 Å². The van der Waals surface area contributed by atoms with Crippen molar-refractivity contribution in [2.24, 2.45) is 17.4 Å². The van der Waals surface area contributed by atoms with Gasteiger partial charge in [0.15, 0.2) is 0 Å². The number of amides is 1. The molecule has 0 aromatic carbocycles. The maximum absolute atomic E-state index is 11.9. The smallest absolute Gasteiger partial charge is 0.412 e. The Balaban J connectivity index is 2.69. The highest BCUT2D eigenvalue weighted by Gasteiger charge is 2.39. The summed E-state index contributed by atoms with van der Waals surface area (Å²) in [6.45, 7) is 8.12. The highest BCUT2D eigenvalue weighted by molar-refractivity contribution is 5.69. The summed E-state index contributed by atoms with van der Waals surface area (Å²) in [6.07, 6.45) is 1.09. The normalized spacial score (nSPS) is 25.4. The molecule has 94 valence electrons. The van der Waals surface area contributed by atoms with Crippen LogP contribution in [0, 0.1) is 5.92 Å². The van der Waals surface area contributed by atoms with Crippen molar-refractivity contribution in [2.75, 3.05) is 6.54 Å². The Morgan fingerprint density at radius 3 is 2.44 bits per heavy atom. The van der Waals surface area contributed by atoms with Crippen LogP contribution in [-0.2, 0) is 4.74 Å². The second kappa shape index (κ2) is 4.22. The maximum atomic E-state index is 11.9. The Morgan fingerprint density at radius 2 is 2.00 bits per heavy atom. The van der Waals surface area contributed by atoms with E-state index >= 15 is 0 Å². The van der Waals surface area contributed by atoms with E-state index in [1.54, 1.807) is 0 Å². The van der Waals surface area contributed by atoms with E-state index in [2.05, 4.69) is 6.92 Å². The van der Waals surface area contributed by atoms with Gasteiger partial charge >= 0.3 is 6.09 Å². The van der Waals surface area contributed by atoms with Gasteiger partial charge in [0.2, 0.25) is 0 Å². The molecule has 1 amide bonds. The van der Waals surface area contributed by atoms with Gasteiger partial charge in [-0.05, 0) is 33.1 Å². The predicted octanol–water partition coefficient (Wildman–Crippen LogP) is 1.22. The molecule has 1 unspecified atom stereocenters. The SMILES string of the molecule is CC1CCN(C(=O)OC(C)(C)C)C(N)(N)C1. The first kappa shape index (κ1) is 13.3. The molecule has 0 aromatic heterocycles.